The van der Waals surface area contributed by atoms with Gasteiger partial charge in [-0.25, -0.2) is 18.7 Å². The lowest BCUT2D eigenvalue weighted by molar-refractivity contribution is -0.0323. The Morgan fingerprint density at radius 2 is 2.00 bits per heavy atom. The molecule has 2 aromatic heterocycles. The predicted octanol–water partition coefficient (Wildman–Crippen LogP) is 4.87. The van der Waals surface area contributed by atoms with E-state index in [-0.39, 0.29) is 16.6 Å². The van der Waals surface area contributed by atoms with Crippen LogP contribution in [0.3, 0.4) is 0 Å². The van der Waals surface area contributed by atoms with E-state index in [4.69, 9.17) is 0 Å². The summed E-state index contributed by atoms with van der Waals surface area (Å²) in [6, 6.07) is 1.52. The smallest absolute Gasteiger partial charge is 0.369 e. The maximum Gasteiger partial charge on any atom is 0.461 e. The zero-order valence-electron chi connectivity index (χ0n) is 15.1. The van der Waals surface area contributed by atoms with Crippen molar-refractivity contribution in [3.63, 3.8) is 0 Å². The standard InChI is InChI=1S/C18H14F5N5OS/c19-10-3-4-11(28-30-18(21,22)23)14(20)13(10)15(29)9-6-25-17-12(9)16(26-7-27-17)24-5-8-1-2-8/h3-4,6-8,28H,1-2,5H2,(H2,24,25,26,27). The van der Waals surface area contributed by atoms with Crippen molar-refractivity contribution in [1.82, 2.24) is 15.0 Å². The molecular formula is C18H14F5N5OS. The molecule has 4 rings (SSSR count). The topological polar surface area (TPSA) is 82.7 Å². The van der Waals surface area contributed by atoms with Crippen molar-refractivity contribution in [2.75, 3.05) is 16.6 Å². The van der Waals surface area contributed by atoms with Crippen LogP contribution in [-0.2, 0) is 0 Å². The fraction of sp³-hybridized carbons (Fsp3) is 0.278. The lowest BCUT2D eigenvalue weighted by atomic mass is 10.0. The van der Waals surface area contributed by atoms with Crippen molar-refractivity contribution in [3.05, 3.63) is 47.4 Å². The van der Waals surface area contributed by atoms with Crippen molar-refractivity contribution >= 4 is 40.3 Å². The third kappa shape index (κ3) is 4.18. The first-order valence-electron chi connectivity index (χ1n) is 8.84. The molecule has 0 spiro atoms. The molecule has 0 amide bonds. The highest BCUT2D eigenvalue weighted by Gasteiger charge is 2.31. The third-order valence-electron chi connectivity index (χ3n) is 4.56. The molecule has 1 saturated carbocycles. The van der Waals surface area contributed by atoms with Gasteiger partial charge in [-0.05, 0) is 30.9 Å². The van der Waals surface area contributed by atoms with E-state index in [0.717, 1.165) is 25.0 Å². The number of carbonyl (C=O) groups is 1. The van der Waals surface area contributed by atoms with Gasteiger partial charge in [0.2, 0.25) is 5.78 Å². The SMILES string of the molecule is O=C(c1c(F)ccc(NSC(F)(F)F)c1F)c1c[nH]c2ncnc(NCC3CC3)c12. The Kier molecular flexibility index (Phi) is 5.26. The quantitative estimate of drug-likeness (QED) is 0.275. The molecule has 0 unspecified atom stereocenters. The van der Waals surface area contributed by atoms with E-state index < -0.39 is 46.1 Å². The van der Waals surface area contributed by atoms with Crippen LogP contribution >= 0.6 is 11.9 Å². The molecule has 1 aliphatic rings. The van der Waals surface area contributed by atoms with Crippen molar-refractivity contribution in [3.8, 4) is 0 Å². The average molecular weight is 443 g/mol. The second kappa shape index (κ2) is 7.74. The van der Waals surface area contributed by atoms with Crippen LogP contribution in [0.15, 0.2) is 24.7 Å². The number of ketones is 1. The van der Waals surface area contributed by atoms with Gasteiger partial charge < -0.3 is 15.0 Å². The molecule has 158 valence electrons. The number of alkyl halides is 3. The molecular weight excluding hydrogens is 429 g/mol. The van der Waals surface area contributed by atoms with Crippen LogP contribution in [0.4, 0.5) is 33.5 Å². The second-order valence-corrected chi connectivity index (χ2v) is 7.61. The van der Waals surface area contributed by atoms with Gasteiger partial charge in [-0.3, -0.25) is 4.79 Å². The summed E-state index contributed by atoms with van der Waals surface area (Å²) in [6.45, 7) is 0.627. The van der Waals surface area contributed by atoms with Gasteiger partial charge in [0.05, 0.1) is 34.1 Å². The lowest BCUT2D eigenvalue weighted by Gasteiger charge is -2.12. The van der Waals surface area contributed by atoms with Gasteiger partial charge in [0.1, 0.15) is 23.6 Å². The molecule has 6 nitrogen and oxygen atoms in total. The zero-order valence-corrected chi connectivity index (χ0v) is 15.9. The van der Waals surface area contributed by atoms with Crippen LogP contribution in [0, 0.1) is 17.6 Å². The third-order valence-corrected chi connectivity index (χ3v) is 5.12. The highest BCUT2D eigenvalue weighted by molar-refractivity contribution is 8.01. The van der Waals surface area contributed by atoms with Crippen LogP contribution in [0.5, 0.6) is 0 Å². The van der Waals surface area contributed by atoms with E-state index in [1.54, 1.807) is 4.72 Å². The van der Waals surface area contributed by atoms with Crippen molar-refractivity contribution < 1.29 is 26.7 Å². The molecule has 1 fully saturated rings. The Hall–Kier alpha value is -2.89. The van der Waals surface area contributed by atoms with Crippen LogP contribution in [0.25, 0.3) is 11.0 Å². The van der Waals surface area contributed by atoms with E-state index in [9.17, 15) is 26.7 Å². The predicted molar refractivity (Wildman–Crippen MR) is 102 cm³/mol. The Labute approximate surface area is 170 Å². The Bertz CT molecular complexity index is 1110. The summed E-state index contributed by atoms with van der Waals surface area (Å²) in [6.07, 6.45) is 4.68. The lowest BCUT2D eigenvalue weighted by Crippen LogP contribution is -2.12. The van der Waals surface area contributed by atoms with Gasteiger partial charge in [-0.1, -0.05) is 0 Å². The number of rotatable bonds is 7. The summed E-state index contributed by atoms with van der Waals surface area (Å²) in [5.74, 6) is -2.83. The number of hydrogen-bond acceptors (Lipinski definition) is 6. The molecule has 0 atom stereocenters. The fourth-order valence-corrected chi connectivity index (χ4v) is 3.31. The van der Waals surface area contributed by atoms with Crippen molar-refractivity contribution in [2.45, 2.75) is 18.3 Å². The van der Waals surface area contributed by atoms with Crippen LogP contribution in [-0.4, -0.2) is 32.8 Å². The van der Waals surface area contributed by atoms with Gasteiger partial charge in [0, 0.05) is 12.7 Å². The maximum atomic E-state index is 14.8. The number of aromatic nitrogens is 3. The summed E-state index contributed by atoms with van der Waals surface area (Å²) in [7, 11) is 0. The maximum absolute atomic E-state index is 14.8. The molecule has 30 heavy (non-hydrogen) atoms. The van der Waals surface area contributed by atoms with Crippen molar-refractivity contribution in [2.24, 2.45) is 5.92 Å². The zero-order chi connectivity index (χ0) is 21.5. The number of hydrogen-bond donors (Lipinski definition) is 3. The molecule has 12 heteroatoms. The number of fused-ring (bicyclic) bond motifs is 1. The van der Waals surface area contributed by atoms with Crippen LogP contribution in [0.1, 0.15) is 28.8 Å². The average Bonchev–Trinajstić information content (AvgIpc) is 3.41. The first kappa shape index (κ1) is 20.4. The molecule has 2 heterocycles. The molecule has 0 saturated heterocycles. The first-order chi connectivity index (χ1) is 14.2. The van der Waals surface area contributed by atoms with Gasteiger partial charge in [-0.2, -0.15) is 13.2 Å². The Morgan fingerprint density at radius 1 is 1.23 bits per heavy atom. The number of halogens is 5. The second-order valence-electron chi connectivity index (χ2n) is 6.74. The van der Waals surface area contributed by atoms with E-state index in [2.05, 4.69) is 20.3 Å². The molecule has 1 aliphatic carbocycles. The number of nitrogens with zero attached hydrogens (tertiary/aromatic N) is 2. The summed E-state index contributed by atoms with van der Waals surface area (Å²) in [5.41, 5.74) is -6.14. The van der Waals surface area contributed by atoms with E-state index >= 15 is 0 Å². The van der Waals surface area contributed by atoms with Crippen LogP contribution < -0.4 is 10.0 Å². The van der Waals surface area contributed by atoms with E-state index in [0.29, 0.717) is 18.3 Å². The van der Waals surface area contributed by atoms with E-state index in [1.165, 1.54) is 12.5 Å². The van der Waals surface area contributed by atoms with Gasteiger partial charge in [0.25, 0.3) is 0 Å². The molecule has 0 bridgehead atoms. The van der Waals surface area contributed by atoms with Gasteiger partial charge >= 0.3 is 5.51 Å². The fourth-order valence-electron chi connectivity index (χ4n) is 2.93. The molecule has 0 aliphatic heterocycles. The minimum atomic E-state index is -4.69. The Balaban J connectivity index is 1.71. The normalized spacial score (nSPS) is 14.2. The molecule has 3 N–H and O–H groups in total. The van der Waals surface area contributed by atoms with Gasteiger partial charge in [0.15, 0.2) is 5.82 Å². The molecule has 3 aromatic rings. The largest absolute Gasteiger partial charge is 0.461 e. The molecule has 1 aromatic carbocycles. The summed E-state index contributed by atoms with van der Waals surface area (Å²) < 4.78 is 68.0. The minimum Gasteiger partial charge on any atom is -0.369 e. The Morgan fingerprint density at radius 3 is 2.70 bits per heavy atom. The van der Waals surface area contributed by atoms with Gasteiger partial charge in [-0.15, -0.1) is 0 Å². The monoisotopic (exact) mass is 443 g/mol. The number of nitrogens with one attached hydrogen (secondary N) is 3. The first-order valence-corrected chi connectivity index (χ1v) is 9.65. The minimum absolute atomic E-state index is 0.0951. The number of anilines is 2. The number of carbonyl (C=O) groups excluding carboxylic acids is 1. The number of aromatic amines is 1. The summed E-state index contributed by atoms with van der Waals surface area (Å²) >= 11 is -0.715. The molecule has 0 radical (unpaired) electrons. The summed E-state index contributed by atoms with van der Waals surface area (Å²) in [5, 5.41) is 3.36. The number of benzene rings is 1. The highest BCUT2D eigenvalue weighted by Crippen LogP contribution is 2.35. The van der Waals surface area contributed by atoms with E-state index in [1.807, 2.05) is 0 Å². The van der Waals surface area contributed by atoms with Crippen LogP contribution in [0.2, 0.25) is 0 Å². The highest BCUT2D eigenvalue weighted by atomic mass is 32.2. The van der Waals surface area contributed by atoms with Crippen molar-refractivity contribution in [1.29, 1.82) is 0 Å². The summed E-state index contributed by atoms with van der Waals surface area (Å²) in [4.78, 5) is 23.9. The number of H-pyrrole nitrogens is 1.